The molecule has 2 amide bonds. The lowest BCUT2D eigenvalue weighted by Crippen LogP contribution is -2.80. The SMILES string of the molecule is CC(C)(O/N=C(\C(=O)N[C@@H]1C(=O)N2[C@@H]1SC[C@@H]1CC(=O)O[C@@]12C(=O)O)c1ccco1)C(=O)O. The van der Waals surface area contributed by atoms with Crippen LogP contribution in [-0.2, 0) is 33.5 Å². The first-order valence-electron chi connectivity index (χ1n) is 9.73. The summed E-state index contributed by atoms with van der Waals surface area (Å²) >= 11 is 1.21. The lowest BCUT2D eigenvalue weighted by atomic mass is 9.89. The highest BCUT2D eigenvalue weighted by Crippen LogP contribution is 2.51. The van der Waals surface area contributed by atoms with Gasteiger partial charge in [0.25, 0.3) is 17.5 Å². The predicted molar refractivity (Wildman–Crippen MR) is 108 cm³/mol. The number of carboxylic acids is 2. The van der Waals surface area contributed by atoms with Crippen molar-refractivity contribution in [3.63, 3.8) is 0 Å². The van der Waals surface area contributed by atoms with Crippen molar-refractivity contribution in [3.05, 3.63) is 24.2 Å². The molecule has 0 spiro atoms. The van der Waals surface area contributed by atoms with Crippen LogP contribution in [0, 0.1) is 5.92 Å². The minimum absolute atomic E-state index is 0.0413. The lowest BCUT2D eigenvalue weighted by molar-refractivity contribution is -0.215. The third-order valence-electron chi connectivity index (χ3n) is 5.55. The summed E-state index contributed by atoms with van der Waals surface area (Å²) in [5.74, 6) is -5.66. The molecular weight excluding hydrogens is 462 g/mol. The number of fused-ring (bicyclic) bond motifs is 3. The van der Waals surface area contributed by atoms with E-state index in [1.807, 2.05) is 0 Å². The van der Waals surface area contributed by atoms with Gasteiger partial charge in [0, 0.05) is 11.7 Å². The zero-order chi connectivity index (χ0) is 24.1. The van der Waals surface area contributed by atoms with Crippen molar-refractivity contribution in [2.24, 2.45) is 11.1 Å². The monoisotopic (exact) mass is 481 g/mol. The van der Waals surface area contributed by atoms with Gasteiger partial charge in [0.2, 0.25) is 11.3 Å². The molecule has 4 atom stereocenters. The normalized spacial score (nSPS) is 28.8. The zero-order valence-electron chi connectivity index (χ0n) is 17.3. The minimum Gasteiger partial charge on any atom is -0.478 e. The largest absolute Gasteiger partial charge is 0.478 e. The van der Waals surface area contributed by atoms with E-state index in [1.54, 1.807) is 0 Å². The number of oxime groups is 1. The van der Waals surface area contributed by atoms with Crippen LogP contribution in [0.15, 0.2) is 28.0 Å². The Balaban J connectivity index is 1.56. The zero-order valence-corrected chi connectivity index (χ0v) is 18.2. The molecule has 33 heavy (non-hydrogen) atoms. The van der Waals surface area contributed by atoms with Crippen LogP contribution >= 0.6 is 11.8 Å². The number of carbonyl (C=O) groups excluding carboxylic acids is 3. The summed E-state index contributed by atoms with van der Waals surface area (Å²) < 4.78 is 10.3. The maximum atomic E-state index is 12.9. The molecule has 3 N–H and O–H groups in total. The van der Waals surface area contributed by atoms with Crippen LogP contribution in [0.4, 0.5) is 0 Å². The maximum absolute atomic E-state index is 12.9. The van der Waals surface area contributed by atoms with Crippen molar-refractivity contribution < 1.29 is 48.2 Å². The Kier molecular flexibility index (Phi) is 5.35. The number of β-lactam (4-membered cyclic amide) rings is 1. The van der Waals surface area contributed by atoms with Gasteiger partial charge in [0.1, 0.15) is 11.4 Å². The Labute approximate surface area is 190 Å². The molecule has 3 saturated heterocycles. The summed E-state index contributed by atoms with van der Waals surface area (Å²) in [6.45, 7) is 2.46. The van der Waals surface area contributed by atoms with Crippen LogP contribution in [0.3, 0.4) is 0 Å². The fraction of sp³-hybridized carbons (Fsp3) is 0.474. The highest BCUT2D eigenvalue weighted by atomic mass is 32.2. The standard InChI is InChI=1S/C19H19N3O10S/c1-18(2,16(26)27)32-21-11(9-4-3-5-30-9)13(24)20-12-14(25)22-15(12)33-7-8-6-10(23)31-19(8,22)17(28)29/h3-5,8,12,15H,6-7H2,1-2H3,(H,20,24)(H,26,27)(H,28,29)/b21-11-/t8-,12+,15+,19+/m0/s1. The van der Waals surface area contributed by atoms with Gasteiger partial charge in [-0.1, -0.05) is 5.16 Å². The highest BCUT2D eigenvalue weighted by molar-refractivity contribution is 8.00. The number of furan rings is 1. The first kappa shape index (κ1) is 22.6. The van der Waals surface area contributed by atoms with Crippen molar-refractivity contribution in [2.45, 2.75) is 43.0 Å². The number of amides is 2. The Morgan fingerprint density at radius 2 is 2.06 bits per heavy atom. The smallest absolute Gasteiger partial charge is 0.370 e. The third kappa shape index (κ3) is 3.50. The predicted octanol–water partition coefficient (Wildman–Crippen LogP) is -0.393. The molecule has 3 fully saturated rings. The second kappa shape index (κ2) is 7.79. The molecule has 0 radical (unpaired) electrons. The summed E-state index contributed by atoms with van der Waals surface area (Å²) in [5.41, 5.74) is -4.27. The summed E-state index contributed by atoms with van der Waals surface area (Å²) in [4.78, 5) is 66.9. The Morgan fingerprint density at radius 1 is 1.33 bits per heavy atom. The summed E-state index contributed by atoms with van der Waals surface area (Å²) in [7, 11) is 0. The van der Waals surface area contributed by atoms with Crippen molar-refractivity contribution in [1.29, 1.82) is 0 Å². The lowest BCUT2D eigenvalue weighted by Gasteiger charge is -2.56. The topological polar surface area (TPSA) is 185 Å². The number of hydrogen-bond acceptors (Lipinski definition) is 10. The molecule has 3 aliphatic rings. The average Bonchev–Trinajstić information content (AvgIpc) is 3.38. The molecule has 0 unspecified atom stereocenters. The quantitative estimate of drug-likeness (QED) is 0.199. The second-order valence-electron chi connectivity index (χ2n) is 8.08. The van der Waals surface area contributed by atoms with E-state index >= 15 is 0 Å². The number of esters is 1. The molecule has 0 aliphatic carbocycles. The molecule has 3 aliphatic heterocycles. The van der Waals surface area contributed by atoms with Crippen LogP contribution in [0.25, 0.3) is 0 Å². The van der Waals surface area contributed by atoms with E-state index in [1.165, 1.54) is 44.0 Å². The number of nitrogens with one attached hydrogen (secondary N) is 1. The van der Waals surface area contributed by atoms with E-state index in [4.69, 9.17) is 14.0 Å². The second-order valence-corrected chi connectivity index (χ2v) is 9.23. The van der Waals surface area contributed by atoms with Crippen molar-refractivity contribution >= 4 is 47.2 Å². The fourth-order valence-corrected chi connectivity index (χ4v) is 5.29. The van der Waals surface area contributed by atoms with E-state index in [9.17, 15) is 34.2 Å². The number of aliphatic carboxylic acids is 2. The van der Waals surface area contributed by atoms with Crippen LogP contribution in [0.1, 0.15) is 26.0 Å². The van der Waals surface area contributed by atoms with E-state index in [0.717, 1.165) is 4.90 Å². The molecule has 1 aromatic rings. The molecule has 4 heterocycles. The number of carbonyl (C=O) groups is 5. The van der Waals surface area contributed by atoms with Gasteiger partial charge in [-0.25, -0.2) is 9.59 Å². The molecular formula is C19H19N3O10S. The average molecular weight is 481 g/mol. The number of thioether (sulfide) groups is 1. The minimum atomic E-state index is -2.10. The van der Waals surface area contributed by atoms with Crippen LogP contribution in [-0.4, -0.2) is 79.0 Å². The van der Waals surface area contributed by atoms with Crippen LogP contribution in [0.2, 0.25) is 0 Å². The fourth-order valence-electron chi connectivity index (χ4n) is 3.73. The first-order chi connectivity index (χ1) is 15.5. The Bertz CT molecular complexity index is 1070. The third-order valence-corrected chi connectivity index (χ3v) is 6.97. The molecule has 0 aromatic carbocycles. The first-order valence-corrected chi connectivity index (χ1v) is 10.8. The van der Waals surface area contributed by atoms with Crippen molar-refractivity contribution in [3.8, 4) is 0 Å². The van der Waals surface area contributed by atoms with Crippen LogP contribution in [0.5, 0.6) is 0 Å². The number of ether oxygens (including phenoxy) is 1. The van der Waals surface area contributed by atoms with Gasteiger partial charge in [-0.05, 0) is 26.0 Å². The number of rotatable bonds is 7. The number of carboxylic acid groups (broad SMARTS) is 2. The van der Waals surface area contributed by atoms with Gasteiger partial charge in [-0.2, -0.15) is 0 Å². The van der Waals surface area contributed by atoms with Gasteiger partial charge < -0.3 is 29.5 Å². The molecule has 4 rings (SSSR count). The van der Waals surface area contributed by atoms with Gasteiger partial charge in [0.15, 0.2) is 5.76 Å². The molecule has 14 heteroatoms. The van der Waals surface area contributed by atoms with Crippen LogP contribution < -0.4 is 5.32 Å². The van der Waals surface area contributed by atoms with E-state index in [-0.39, 0.29) is 17.9 Å². The molecule has 13 nitrogen and oxygen atoms in total. The number of hydrogen-bond donors (Lipinski definition) is 3. The maximum Gasteiger partial charge on any atom is 0.370 e. The Morgan fingerprint density at radius 3 is 2.67 bits per heavy atom. The van der Waals surface area contributed by atoms with E-state index < -0.39 is 64.1 Å². The van der Waals surface area contributed by atoms with Gasteiger partial charge in [0.05, 0.1) is 12.7 Å². The molecule has 0 saturated carbocycles. The van der Waals surface area contributed by atoms with Crippen molar-refractivity contribution in [1.82, 2.24) is 10.2 Å². The molecule has 1 aromatic heterocycles. The molecule has 0 bridgehead atoms. The van der Waals surface area contributed by atoms with Crippen molar-refractivity contribution in [2.75, 3.05) is 5.75 Å². The number of nitrogens with zero attached hydrogens (tertiary/aromatic N) is 2. The summed E-state index contributed by atoms with van der Waals surface area (Å²) in [5, 5.41) is 24.3. The summed E-state index contributed by atoms with van der Waals surface area (Å²) in [6.07, 6.45) is 1.14. The van der Waals surface area contributed by atoms with Gasteiger partial charge in [-0.15, -0.1) is 11.8 Å². The van der Waals surface area contributed by atoms with Gasteiger partial charge in [-0.3, -0.25) is 19.3 Å². The molecule has 176 valence electrons. The van der Waals surface area contributed by atoms with E-state index in [0.29, 0.717) is 0 Å². The van der Waals surface area contributed by atoms with E-state index in [2.05, 4.69) is 10.5 Å². The van der Waals surface area contributed by atoms with Gasteiger partial charge >= 0.3 is 17.9 Å². The highest BCUT2D eigenvalue weighted by Gasteiger charge is 2.71. The Hall–Kier alpha value is -3.55. The summed E-state index contributed by atoms with van der Waals surface area (Å²) in [6, 6.07) is 1.73.